The lowest BCUT2D eigenvalue weighted by atomic mass is 9.90. The highest BCUT2D eigenvalue weighted by Crippen LogP contribution is 2.27. The molecule has 0 saturated carbocycles. The summed E-state index contributed by atoms with van der Waals surface area (Å²) in [6.45, 7) is -1.11. The average molecular weight is 1230 g/mol. The molecule has 12 amide bonds. The fraction of sp³-hybridized carbons (Fsp3) is 0.519. The monoisotopic (exact) mass is 1220 g/mol. The Morgan fingerprint density at radius 3 is 1.98 bits per heavy atom. The molecule has 19 N–H and O–H groups in total. The molecule has 4 rings (SSSR count). The molecule has 0 spiro atoms. The number of carbonyl (C=O) groups is 14. The molecule has 0 radical (unpaired) electrons. The van der Waals surface area contributed by atoms with E-state index in [-0.39, 0.29) is 81.8 Å². The molecule has 2 aliphatic heterocycles. The molecule has 2 fully saturated rings. The van der Waals surface area contributed by atoms with Crippen molar-refractivity contribution in [2.24, 2.45) is 34.6 Å². The summed E-state index contributed by atoms with van der Waals surface area (Å²) >= 11 is 0. The largest absolute Gasteiger partial charge is 0.508 e. The van der Waals surface area contributed by atoms with Crippen molar-refractivity contribution in [3.8, 4) is 5.75 Å². The second kappa shape index (κ2) is 35.9. The third-order valence-electron chi connectivity index (χ3n) is 13.6. The summed E-state index contributed by atoms with van der Waals surface area (Å²) in [5.41, 5.74) is 28.2. The Morgan fingerprint density at radius 1 is 0.671 bits per heavy atom. The highest BCUT2D eigenvalue weighted by molar-refractivity contribution is 8.76. The molecule has 0 bridgehead atoms. The summed E-state index contributed by atoms with van der Waals surface area (Å²) in [7, 11) is 1.79. The van der Waals surface area contributed by atoms with E-state index in [9.17, 15) is 72.2 Å². The number of phenolic OH excluding ortho intramolecular Hbond substituents is 1. The first-order valence-corrected chi connectivity index (χ1v) is 30.0. The predicted molar refractivity (Wildman–Crippen MR) is 310 cm³/mol. The van der Waals surface area contributed by atoms with Crippen LogP contribution in [0.4, 0.5) is 0 Å². The van der Waals surface area contributed by atoms with Crippen LogP contribution in [-0.2, 0) is 80.0 Å². The van der Waals surface area contributed by atoms with Crippen LogP contribution in [0.15, 0.2) is 54.6 Å². The molecule has 31 heteroatoms. The number of nitrogens with two attached hydrogens (primary N) is 5. The van der Waals surface area contributed by atoms with Gasteiger partial charge in [0.25, 0.3) is 0 Å². The number of Topliss-reactive ketones (excluding diaryl/α,β-unsaturated/α-hetero) is 2. The molecular weight excluding hydrogens is 1150 g/mol. The maximum Gasteiger partial charge on any atom is 0.246 e. The Labute approximate surface area is 497 Å². The van der Waals surface area contributed by atoms with Gasteiger partial charge in [-0.15, -0.1) is 0 Å². The molecule has 85 heavy (non-hydrogen) atoms. The van der Waals surface area contributed by atoms with Crippen LogP contribution < -0.4 is 71.2 Å². The third-order valence-corrected chi connectivity index (χ3v) is 16.0. The van der Waals surface area contributed by atoms with E-state index in [1.807, 2.05) is 0 Å². The fourth-order valence-corrected chi connectivity index (χ4v) is 11.3. The zero-order chi connectivity index (χ0) is 62.6. The van der Waals surface area contributed by atoms with Gasteiger partial charge in [-0.25, -0.2) is 0 Å². The van der Waals surface area contributed by atoms with Gasteiger partial charge in [0.05, 0.1) is 32.1 Å². The quantitative estimate of drug-likeness (QED) is 0.0311. The zero-order valence-corrected chi connectivity index (χ0v) is 48.4. The minimum absolute atomic E-state index is 0.0375. The van der Waals surface area contributed by atoms with E-state index < -0.39 is 169 Å². The molecule has 0 unspecified atom stereocenters. The predicted octanol–water partition coefficient (Wildman–Crippen LogP) is -4.66. The summed E-state index contributed by atoms with van der Waals surface area (Å²) in [5.74, 6) is -14.2. The maximum atomic E-state index is 14.9. The minimum Gasteiger partial charge on any atom is -0.508 e. The summed E-state index contributed by atoms with van der Waals surface area (Å²) < 4.78 is 0. The highest BCUT2D eigenvalue weighted by Gasteiger charge is 2.41. The van der Waals surface area contributed by atoms with Gasteiger partial charge in [0.2, 0.25) is 70.9 Å². The van der Waals surface area contributed by atoms with Gasteiger partial charge in [0.15, 0.2) is 11.6 Å². The SMILES string of the molecule is NCCCC[C@H](NC(=O)[C@H]1CCCN1C(=O)[C@@H]1CSSC[C@H](NC(=O)CCC(=O)CNC(=O)CN)C(=O)N[C@@H](Cc2ccc(O)cc2)C(=O)N[C@H](Cc2ccccc2)C(=O)C[C@@H](CCC(N)=O)C(=O)N[C@@H](CC(N)=O)C(=O)N1)C(=O)NCC(N)=O. The van der Waals surface area contributed by atoms with Gasteiger partial charge < -0.3 is 81.2 Å². The van der Waals surface area contributed by atoms with E-state index in [0.717, 1.165) is 21.6 Å². The van der Waals surface area contributed by atoms with E-state index >= 15 is 0 Å². The van der Waals surface area contributed by atoms with Crippen molar-refractivity contribution in [1.29, 1.82) is 0 Å². The number of carbonyl (C=O) groups excluding carboxylic acids is 14. The van der Waals surface area contributed by atoms with Crippen molar-refractivity contribution in [2.45, 2.75) is 126 Å². The number of hydrogen-bond donors (Lipinski definition) is 14. The minimum atomic E-state index is -1.83. The van der Waals surface area contributed by atoms with Crippen molar-refractivity contribution < 1.29 is 72.2 Å². The van der Waals surface area contributed by atoms with Crippen molar-refractivity contribution in [1.82, 2.24) is 47.4 Å². The highest BCUT2D eigenvalue weighted by atomic mass is 33.1. The Balaban J connectivity index is 1.81. The van der Waals surface area contributed by atoms with Crippen LogP contribution >= 0.6 is 21.6 Å². The van der Waals surface area contributed by atoms with Crippen LogP contribution in [0, 0.1) is 5.92 Å². The number of phenols is 1. The van der Waals surface area contributed by atoms with Crippen LogP contribution in [0.2, 0.25) is 0 Å². The molecular formula is C54H76N14O15S2. The van der Waals surface area contributed by atoms with Crippen LogP contribution in [-0.4, -0.2) is 179 Å². The van der Waals surface area contributed by atoms with E-state index in [1.165, 1.54) is 29.2 Å². The average Bonchev–Trinajstić information content (AvgIpc) is 4.23. The lowest BCUT2D eigenvalue weighted by molar-refractivity contribution is -0.142. The molecule has 8 atom stereocenters. The number of benzene rings is 2. The van der Waals surface area contributed by atoms with E-state index in [4.69, 9.17) is 28.7 Å². The fourth-order valence-electron chi connectivity index (χ4n) is 9.01. The van der Waals surface area contributed by atoms with Gasteiger partial charge in [0, 0.05) is 56.1 Å². The molecule has 2 aromatic rings. The van der Waals surface area contributed by atoms with Crippen LogP contribution in [0.5, 0.6) is 5.75 Å². The molecule has 2 saturated heterocycles. The van der Waals surface area contributed by atoms with Crippen molar-refractivity contribution in [3.63, 3.8) is 0 Å². The summed E-state index contributed by atoms with van der Waals surface area (Å²) in [6.07, 6.45) is -2.31. The Morgan fingerprint density at radius 2 is 1.32 bits per heavy atom. The normalized spacial score (nSPS) is 21.3. The number of nitrogens with one attached hydrogen (secondary N) is 8. The number of hydrogen-bond acceptors (Lipinski definition) is 19. The maximum absolute atomic E-state index is 14.9. The van der Waals surface area contributed by atoms with E-state index in [2.05, 4.69) is 42.5 Å². The number of aromatic hydroxyl groups is 1. The van der Waals surface area contributed by atoms with Crippen LogP contribution in [0.25, 0.3) is 0 Å². The Bertz CT molecular complexity index is 2730. The van der Waals surface area contributed by atoms with Crippen molar-refractivity contribution in [2.75, 3.05) is 44.2 Å². The number of likely N-dealkylation sites (tertiary alicyclic amines) is 1. The molecule has 0 aromatic heterocycles. The molecule has 2 aliphatic rings. The summed E-state index contributed by atoms with van der Waals surface area (Å²) in [4.78, 5) is 190. The summed E-state index contributed by atoms with van der Waals surface area (Å²) in [6, 6.07) is 3.71. The van der Waals surface area contributed by atoms with Gasteiger partial charge in [-0.1, -0.05) is 64.1 Å². The smallest absolute Gasteiger partial charge is 0.246 e. The van der Waals surface area contributed by atoms with E-state index in [0.29, 0.717) is 24.0 Å². The topological polar surface area (TPSA) is 489 Å². The summed E-state index contributed by atoms with van der Waals surface area (Å²) in [5, 5.41) is 30.3. The number of ketones is 2. The first-order chi connectivity index (χ1) is 40.5. The lowest BCUT2D eigenvalue weighted by Crippen LogP contribution is -2.59. The number of primary amides is 3. The Hall–Kier alpha value is -8.16. The van der Waals surface area contributed by atoms with Crippen molar-refractivity contribution in [3.05, 3.63) is 65.7 Å². The molecule has 0 aliphatic carbocycles. The third kappa shape index (κ3) is 24.5. The standard InChI is InChI=1S/C54H76N14O15S2/c55-19-5-4-9-35(49(78)61-27-45(59)74)63-53(82)41-10-6-20-68(41)54(83)40-29-85-84-28-39(62-46(75)18-16-34(70)26-60-47(76)25-56)52(81)66-37(22-31-11-14-33(69)15-12-31)50(79)64-36(21-30-7-2-1-3-8-30)42(71)23-32(13-17-43(57)72)48(77)65-38(24-44(58)73)51(80)67-40/h1-3,7-8,11-12,14-15,32,35-41,69H,4-6,9-10,13,16-29,55-56H2,(H2,57,72)(H2,58,73)(H2,59,74)(H,60,76)(H,61,78)(H,62,75)(H,63,82)(H,64,79)(H,65,77)(H,66,81)(H,67,80)/t32-,35+,36-,37+,38+,39+,40+,41-/m1/s1. The first-order valence-electron chi connectivity index (χ1n) is 27.5. The first kappa shape index (κ1) is 69.3. The molecule has 29 nitrogen and oxygen atoms in total. The van der Waals surface area contributed by atoms with E-state index in [1.54, 1.807) is 30.3 Å². The lowest BCUT2D eigenvalue weighted by Gasteiger charge is -2.31. The zero-order valence-electron chi connectivity index (χ0n) is 46.8. The van der Waals surface area contributed by atoms with Gasteiger partial charge in [-0.2, -0.15) is 0 Å². The van der Waals surface area contributed by atoms with Gasteiger partial charge in [-0.05, 0) is 74.8 Å². The molecule has 464 valence electrons. The molecule has 2 aromatic carbocycles. The van der Waals surface area contributed by atoms with Gasteiger partial charge in [0.1, 0.15) is 42.0 Å². The number of rotatable bonds is 26. The molecule has 2 heterocycles. The Kier molecular flexibility index (Phi) is 29.2. The number of unbranched alkanes of at least 4 members (excludes halogenated alkanes) is 1. The van der Waals surface area contributed by atoms with Crippen LogP contribution in [0.3, 0.4) is 0 Å². The second-order valence-electron chi connectivity index (χ2n) is 20.3. The second-order valence-corrected chi connectivity index (χ2v) is 22.8. The van der Waals surface area contributed by atoms with Gasteiger partial charge >= 0.3 is 0 Å². The van der Waals surface area contributed by atoms with Crippen molar-refractivity contribution >= 4 is 104 Å². The number of nitrogens with zero attached hydrogens (tertiary/aromatic N) is 1. The number of amides is 12. The van der Waals surface area contributed by atoms with Crippen LogP contribution in [0.1, 0.15) is 81.8 Å². The van der Waals surface area contributed by atoms with Gasteiger partial charge in [-0.3, -0.25) is 67.1 Å².